The van der Waals surface area contributed by atoms with Crippen LogP contribution in [0, 0.1) is 0 Å². The fraction of sp³-hybridized carbons (Fsp3) is 0.680. The monoisotopic (exact) mass is 402 g/mol. The molecule has 0 N–H and O–H groups in total. The van der Waals surface area contributed by atoms with Gasteiger partial charge in [-0.15, -0.1) is 0 Å². The van der Waals surface area contributed by atoms with Crippen molar-refractivity contribution in [2.45, 2.75) is 85.6 Å². The van der Waals surface area contributed by atoms with Gasteiger partial charge < -0.3 is 9.13 Å². The quantitative estimate of drug-likeness (QED) is 0.295. The highest BCUT2D eigenvalue weighted by atomic mass is 28.3. The van der Waals surface area contributed by atoms with E-state index in [0.29, 0.717) is 0 Å². The Morgan fingerprint density at radius 2 is 1.21 bits per heavy atom. The topological polar surface area (TPSA) is 6.48 Å². The number of rotatable bonds is 16. The molecule has 0 unspecified atom stereocenters. The molecular weight excluding hydrogens is 356 g/mol. The first kappa shape index (κ1) is 25.1. The van der Waals surface area contributed by atoms with Crippen LogP contribution in [0.25, 0.3) is 6.08 Å². The van der Waals surface area contributed by atoms with Crippen LogP contribution in [-0.4, -0.2) is 43.7 Å². The molecule has 3 heteroatoms. The average molecular weight is 403 g/mol. The van der Waals surface area contributed by atoms with Crippen molar-refractivity contribution in [2.75, 3.05) is 26.2 Å². The maximum atomic E-state index is 4.03. The van der Waals surface area contributed by atoms with Crippen LogP contribution < -0.4 is 5.19 Å². The first-order chi connectivity index (χ1) is 13.6. The van der Waals surface area contributed by atoms with E-state index in [-0.39, 0.29) is 0 Å². The maximum absolute atomic E-state index is 4.03. The summed E-state index contributed by atoms with van der Waals surface area (Å²) in [5.74, 6) is 0. The van der Waals surface area contributed by atoms with Crippen LogP contribution in [-0.2, 0) is 0 Å². The standard InChI is InChI=1S/C25H46N2Si/c1-7-12-19-26(20-13-8-2)28(6,25-18-16-17-24(11-5)23-25)27(21-14-9-3)22-15-10-4/h11,16-18,23H,5,7-10,12-15,19-22H2,1-4,6H3. The van der Waals surface area contributed by atoms with E-state index in [2.05, 4.69) is 74.2 Å². The zero-order valence-electron chi connectivity index (χ0n) is 19.5. The second kappa shape index (κ2) is 14.1. The molecule has 1 rings (SSSR count). The summed E-state index contributed by atoms with van der Waals surface area (Å²) in [6, 6.07) is 9.26. The van der Waals surface area contributed by atoms with Gasteiger partial charge in [-0.2, -0.15) is 0 Å². The van der Waals surface area contributed by atoms with Gasteiger partial charge >= 0.3 is 0 Å². The minimum Gasteiger partial charge on any atom is -0.308 e. The first-order valence-electron chi connectivity index (χ1n) is 11.8. The Kier molecular flexibility index (Phi) is 12.7. The van der Waals surface area contributed by atoms with Crippen LogP contribution in [0.2, 0.25) is 6.55 Å². The Bertz CT molecular complexity index is 507. The second-order valence-corrected chi connectivity index (χ2v) is 12.1. The molecule has 0 aliphatic heterocycles. The van der Waals surface area contributed by atoms with Crippen LogP contribution in [0.1, 0.15) is 84.6 Å². The van der Waals surface area contributed by atoms with Crippen LogP contribution in [0.15, 0.2) is 30.8 Å². The van der Waals surface area contributed by atoms with Gasteiger partial charge in [-0.25, -0.2) is 0 Å². The highest BCUT2D eigenvalue weighted by molar-refractivity contribution is 6.86. The van der Waals surface area contributed by atoms with Crippen molar-refractivity contribution in [3.63, 3.8) is 0 Å². The van der Waals surface area contributed by atoms with Gasteiger partial charge in [0.2, 0.25) is 8.40 Å². The maximum Gasteiger partial charge on any atom is 0.236 e. The molecule has 28 heavy (non-hydrogen) atoms. The third kappa shape index (κ3) is 7.17. The molecule has 1 aromatic carbocycles. The molecule has 0 aromatic heterocycles. The van der Waals surface area contributed by atoms with Crippen molar-refractivity contribution in [1.82, 2.24) is 9.13 Å². The normalized spacial score (nSPS) is 12.1. The lowest BCUT2D eigenvalue weighted by molar-refractivity contribution is 0.316. The van der Waals surface area contributed by atoms with Crippen molar-refractivity contribution in [3.8, 4) is 0 Å². The van der Waals surface area contributed by atoms with Crippen LogP contribution in [0.4, 0.5) is 0 Å². The molecule has 0 saturated heterocycles. The van der Waals surface area contributed by atoms with Gasteiger partial charge in [0.1, 0.15) is 0 Å². The number of unbranched alkanes of at least 4 members (excludes halogenated alkanes) is 4. The van der Waals surface area contributed by atoms with Crippen LogP contribution >= 0.6 is 0 Å². The molecule has 0 aliphatic carbocycles. The van der Waals surface area contributed by atoms with E-state index < -0.39 is 8.40 Å². The molecule has 0 fully saturated rings. The number of benzene rings is 1. The average Bonchev–Trinajstić information content (AvgIpc) is 2.73. The predicted molar refractivity (Wildman–Crippen MR) is 131 cm³/mol. The smallest absolute Gasteiger partial charge is 0.236 e. The second-order valence-electron chi connectivity index (χ2n) is 8.24. The number of nitrogens with zero attached hydrogens (tertiary/aromatic N) is 2. The van der Waals surface area contributed by atoms with Gasteiger partial charge in [0.15, 0.2) is 0 Å². The lowest BCUT2D eigenvalue weighted by Crippen LogP contribution is -2.71. The minimum absolute atomic E-state index is 1.23. The van der Waals surface area contributed by atoms with Gasteiger partial charge in [0.05, 0.1) is 0 Å². The van der Waals surface area contributed by atoms with Gasteiger partial charge in [-0.3, -0.25) is 0 Å². The van der Waals surface area contributed by atoms with Crippen LogP contribution in [0.3, 0.4) is 0 Å². The molecular formula is C25H46N2Si. The molecule has 0 amide bonds. The zero-order chi connectivity index (χ0) is 20.8. The van der Waals surface area contributed by atoms with Gasteiger partial charge in [-0.05, 0) is 69.2 Å². The molecule has 0 aliphatic rings. The molecule has 0 heterocycles. The summed E-state index contributed by atoms with van der Waals surface area (Å²) in [6.45, 7) is 20.8. The van der Waals surface area contributed by atoms with Crippen molar-refractivity contribution in [2.24, 2.45) is 0 Å². The van der Waals surface area contributed by atoms with Crippen molar-refractivity contribution < 1.29 is 0 Å². The Balaban J connectivity index is 3.42. The van der Waals surface area contributed by atoms with E-state index in [0.717, 1.165) is 0 Å². The molecule has 1 aromatic rings. The molecule has 2 nitrogen and oxygen atoms in total. The summed E-state index contributed by atoms with van der Waals surface area (Å²) in [7, 11) is -1.96. The SMILES string of the molecule is C=Cc1cccc([Si](C)(N(CCCC)CCCC)N(CCCC)CCCC)c1. The Morgan fingerprint density at radius 1 is 0.786 bits per heavy atom. The molecule has 0 saturated carbocycles. The summed E-state index contributed by atoms with van der Waals surface area (Å²) in [4.78, 5) is 0. The summed E-state index contributed by atoms with van der Waals surface area (Å²) >= 11 is 0. The summed E-state index contributed by atoms with van der Waals surface area (Å²) in [5, 5.41) is 1.56. The summed E-state index contributed by atoms with van der Waals surface area (Å²) < 4.78 is 5.82. The third-order valence-electron chi connectivity index (χ3n) is 6.03. The van der Waals surface area contributed by atoms with E-state index >= 15 is 0 Å². The van der Waals surface area contributed by atoms with Gasteiger partial charge in [0, 0.05) is 0 Å². The van der Waals surface area contributed by atoms with E-state index in [1.807, 2.05) is 6.08 Å². The highest BCUT2D eigenvalue weighted by Gasteiger charge is 2.42. The fourth-order valence-corrected chi connectivity index (χ4v) is 8.37. The third-order valence-corrected chi connectivity index (χ3v) is 10.8. The molecule has 0 radical (unpaired) electrons. The zero-order valence-corrected chi connectivity index (χ0v) is 20.5. The van der Waals surface area contributed by atoms with Crippen LogP contribution in [0.5, 0.6) is 0 Å². The Labute approximate surface area is 177 Å². The fourth-order valence-electron chi connectivity index (χ4n) is 4.02. The predicted octanol–water partition coefficient (Wildman–Crippen LogP) is 6.41. The summed E-state index contributed by atoms with van der Waals surface area (Å²) in [6.07, 6.45) is 12.3. The van der Waals surface area contributed by atoms with E-state index in [1.54, 1.807) is 5.19 Å². The molecule has 0 atom stereocenters. The number of hydrogen-bond donors (Lipinski definition) is 0. The van der Waals surface area contributed by atoms with Gasteiger partial charge in [-0.1, -0.05) is 90.3 Å². The van der Waals surface area contributed by atoms with E-state index in [1.165, 1.54) is 83.1 Å². The molecule has 0 spiro atoms. The van der Waals surface area contributed by atoms with E-state index in [4.69, 9.17) is 0 Å². The lowest BCUT2D eigenvalue weighted by atomic mass is 10.2. The Morgan fingerprint density at radius 3 is 1.57 bits per heavy atom. The van der Waals surface area contributed by atoms with E-state index in [9.17, 15) is 0 Å². The summed E-state index contributed by atoms with van der Waals surface area (Å²) in [5.41, 5.74) is 1.26. The minimum atomic E-state index is -1.96. The van der Waals surface area contributed by atoms with Gasteiger partial charge in [0.25, 0.3) is 0 Å². The number of hydrogen-bond acceptors (Lipinski definition) is 2. The largest absolute Gasteiger partial charge is 0.308 e. The first-order valence-corrected chi connectivity index (χ1v) is 14.2. The molecule has 0 bridgehead atoms. The van der Waals surface area contributed by atoms with Crippen molar-refractivity contribution >= 4 is 19.7 Å². The van der Waals surface area contributed by atoms with Crippen molar-refractivity contribution in [3.05, 3.63) is 36.4 Å². The highest BCUT2D eigenvalue weighted by Crippen LogP contribution is 2.21. The van der Waals surface area contributed by atoms with Crippen molar-refractivity contribution in [1.29, 1.82) is 0 Å². The Hall–Kier alpha value is -0.903. The molecule has 160 valence electrons. The lowest BCUT2D eigenvalue weighted by Gasteiger charge is -2.48.